The molecule has 108 valence electrons. The lowest BCUT2D eigenvalue weighted by Crippen LogP contribution is -2.17. The van der Waals surface area contributed by atoms with E-state index in [4.69, 9.17) is 12.2 Å². The molecule has 0 bridgehead atoms. The normalized spacial score (nSPS) is 19.3. The second-order valence-electron chi connectivity index (χ2n) is 5.57. The number of nitrogens with zero attached hydrogens (tertiary/aromatic N) is 2. The van der Waals surface area contributed by atoms with Gasteiger partial charge in [0, 0.05) is 17.2 Å². The molecule has 3 aromatic rings. The number of H-pyrrole nitrogens is 1. The zero-order valence-electron chi connectivity index (χ0n) is 11.7. The Labute approximate surface area is 132 Å². The van der Waals surface area contributed by atoms with E-state index >= 15 is 0 Å². The fourth-order valence-electron chi connectivity index (χ4n) is 3.12. The molecule has 1 aliphatic heterocycles. The predicted octanol–water partition coefficient (Wildman–Crippen LogP) is 4.53. The summed E-state index contributed by atoms with van der Waals surface area (Å²) in [4.78, 5) is 7.83. The van der Waals surface area contributed by atoms with Crippen LogP contribution in [0.25, 0.3) is 21.9 Å². The summed E-state index contributed by atoms with van der Waals surface area (Å²) in [7, 11) is 0. The van der Waals surface area contributed by atoms with Gasteiger partial charge in [-0.2, -0.15) is 11.8 Å². The van der Waals surface area contributed by atoms with Crippen LogP contribution in [0.4, 0.5) is 0 Å². The van der Waals surface area contributed by atoms with E-state index in [2.05, 4.69) is 44.5 Å². The van der Waals surface area contributed by atoms with Crippen LogP contribution in [0.2, 0.25) is 0 Å². The second kappa shape index (κ2) is 5.46. The zero-order chi connectivity index (χ0) is 14.2. The van der Waals surface area contributed by atoms with Gasteiger partial charge in [-0.3, -0.25) is 4.98 Å². The number of aromatic nitrogens is 3. The number of benzene rings is 1. The van der Waals surface area contributed by atoms with Crippen LogP contribution >= 0.6 is 24.0 Å². The van der Waals surface area contributed by atoms with E-state index in [9.17, 15) is 0 Å². The van der Waals surface area contributed by atoms with E-state index < -0.39 is 0 Å². The molecule has 1 unspecified atom stereocenters. The maximum atomic E-state index is 5.55. The third-order valence-electron chi connectivity index (χ3n) is 4.16. The van der Waals surface area contributed by atoms with Gasteiger partial charge in [0.15, 0.2) is 4.77 Å². The summed E-state index contributed by atoms with van der Waals surface area (Å²) < 4.78 is 3.09. The summed E-state index contributed by atoms with van der Waals surface area (Å²) >= 11 is 7.64. The summed E-state index contributed by atoms with van der Waals surface area (Å²) in [6.45, 7) is 0.998. The van der Waals surface area contributed by atoms with Crippen LogP contribution < -0.4 is 0 Å². The van der Waals surface area contributed by atoms with Gasteiger partial charge < -0.3 is 9.55 Å². The first-order valence-corrected chi connectivity index (χ1v) is 8.86. The first-order chi connectivity index (χ1) is 10.3. The number of para-hydroxylation sites is 1. The average Bonchev–Trinajstić information content (AvgIpc) is 2.85. The lowest BCUT2D eigenvalue weighted by atomic mass is 10.1. The van der Waals surface area contributed by atoms with Gasteiger partial charge >= 0.3 is 0 Å². The van der Waals surface area contributed by atoms with Crippen molar-refractivity contribution in [2.45, 2.75) is 31.1 Å². The average molecular weight is 315 g/mol. The minimum Gasteiger partial charge on any atom is -0.329 e. The molecule has 0 radical (unpaired) electrons. The lowest BCUT2D eigenvalue weighted by molar-refractivity contribution is 0.588. The lowest BCUT2D eigenvalue weighted by Gasteiger charge is -2.22. The Morgan fingerprint density at radius 1 is 1.33 bits per heavy atom. The van der Waals surface area contributed by atoms with E-state index in [1.165, 1.54) is 35.9 Å². The van der Waals surface area contributed by atoms with Gasteiger partial charge in [0.05, 0.1) is 22.7 Å². The first kappa shape index (κ1) is 13.3. The van der Waals surface area contributed by atoms with Crippen molar-refractivity contribution in [3.63, 3.8) is 0 Å². The molecular formula is C16H17N3S2. The van der Waals surface area contributed by atoms with Crippen molar-refractivity contribution in [2.75, 3.05) is 5.75 Å². The Balaban J connectivity index is 1.88. The van der Waals surface area contributed by atoms with Crippen molar-refractivity contribution in [1.29, 1.82) is 0 Å². The number of fused-ring (bicyclic) bond motifs is 3. The van der Waals surface area contributed by atoms with Gasteiger partial charge in [-0.05, 0) is 36.9 Å². The highest BCUT2D eigenvalue weighted by atomic mass is 32.2. The molecule has 0 aliphatic carbocycles. The minimum absolute atomic E-state index is 0.677. The number of imidazole rings is 1. The topological polar surface area (TPSA) is 33.6 Å². The zero-order valence-corrected chi connectivity index (χ0v) is 13.3. The Morgan fingerprint density at radius 2 is 2.24 bits per heavy atom. The van der Waals surface area contributed by atoms with Crippen LogP contribution in [0.1, 0.15) is 19.3 Å². The molecule has 1 saturated heterocycles. The van der Waals surface area contributed by atoms with Crippen molar-refractivity contribution in [2.24, 2.45) is 0 Å². The van der Waals surface area contributed by atoms with E-state index in [1.807, 2.05) is 12.3 Å². The van der Waals surface area contributed by atoms with Gasteiger partial charge in [-0.1, -0.05) is 24.6 Å². The molecule has 3 nitrogen and oxygen atoms in total. The van der Waals surface area contributed by atoms with Crippen molar-refractivity contribution in [3.8, 4) is 0 Å². The summed E-state index contributed by atoms with van der Waals surface area (Å²) in [6.07, 6.45) is 5.89. The minimum atomic E-state index is 0.677. The molecule has 1 aromatic carbocycles. The number of hydrogen-bond donors (Lipinski definition) is 1. The van der Waals surface area contributed by atoms with Crippen molar-refractivity contribution >= 4 is 45.9 Å². The number of thioether (sulfide) groups is 1. The van der Waals surface area contributed by atoms with Crippen molar-refractivity contribution < 1.29 is 0 Å². The molecule has 0 amide bonds. The summed E-state index contributed by atoms with van der Waals surface area (Å²) in [5, 5.41) is 1.86. The largest absolute Gasteiger partial charge is 0.329 e. The summed E-state index contributed by atoms with van der Waals surface area (Å²) in [5.41, 5.74) is 3.28. The Kier molecular flexibility index (Phi) is 3.47. The third-order valence-corrected chi connectivity index (χ3v) is 5.87. The van der Waals surface area contributed by atoms with Crippen molar-refractivity contribution in [1.82, 2.24) is 14.5 Å². The molecule has 2 aromatic heterocycles. The van der Waals surface area contributed by atoms with Gasteiger partial charge in [-0.25, -0.2) is 0 Å². The van der Waals surface area contributed by atoms with Gasteiger partial charge in [0.2, 0.25) is 0 Å². The maximum Gasteiger partial charge on any atom is 0.178 e. The molecule has 21 heavy (non-hydrogen) atoms. The molecule has 0 spiro atoms. The highest BCUT2D eigenvalue weighted by Gasteiger charge is 2.17. The Hall–Kier alpha value is -1.33. The fourth-order valence-corrected chi connectivity index (χ4v) is 4.69. The SMILES string of the molecule is S=c1[nH]c2cnc3ccccc3c2n1CC1CCCCS1. The van der Waals surface area contributed by atoms with Crippen LogP contribution in [0.3, 0.4) is 0 Å². The highest BCUT2D eigenvalue weighted by molar-refractivity contribution is 7.99. The number of rotatable bonds is 2. The first-order valence-electron chi connectivity index (χ1n) is 7.41. The van der Waals surface area contributed by atoms with Gasteiger partial charge in [-0.15, -0.1) is 0 Å². The highest BCUT2D eigenvalue weighted by Crippen LogP contribution is 2.29. The molecule has 1 atom stereocenters. The van der Waals surface area contributed by atoms with Crippen LogP contribution in [-0.2, 0) is 6.54 Å². The van der Waals surface area contributed by atoms with E-state index in [0.717, 1.165) is 22.3 Å². The van der Waals surface area contributed by atoms with Gasteiger partial charge in [0.1, 0.15) is 0 Å². The maximum absolute atomic E-state index is 5.55. The van der Waals surface area contributed by atoms with Crippen LogP contribution in [0, 0.1) is 4.77 Å². The molecule has 4 rings (SSSR count). The van der Waals surface area contributed by atoms with Crippen LogP contribution in [0.15, 0.2) is 30.5 Å². The number of hydrogen-bond acceptors (Lipinski definition) is 3. The molecule has 1 N–H and O–H groups in total. The second-order valence-corrected chi connectivity index (χ2v) is 7.36. The fraction of sp³-hybridized carbons (Fsp3) is 0.375. The Bertz CT molecular complexity index is 843. The Morgan fingerprint density at radius 3 is 3.10 bits per heavy atom. The molecule has 1 fully saturated rings. The third kappa shape index (κ3) is 2.38. The molecule has 3 heterocycles. The molecular weight excluding hydrogens is 298 g/mol. The molecule has 0 saturated carbocycles. The smallest absolute Gasteiger partial charge is 0.178 e. The van der Waals surface area contributed by atoms with Crippen LogP contribution in [0.5, 0.6) is 0 Å². The molecule has 1 aliphatic rings. The number of aromatic amines is 1. The summed E-state index contributed by atoms with van der Waals surface area (Å²) in [5.74, 6) is 1.28. The van der Waals surface area contributed by atoms with Crippen molar-refractivity contribution in [3.05, 3.63) is 35.2 Å². The van der Waals surface area contributed by atoms with E-state index in [0.29, 0.717) is 5.25 Å². The van der Waals surface area contributed by atoms with Crippen LogP contribution in [-0.4, -0.2) is 25.5 Å². The molecule has 5 heteroatoms. The summed E-state index contributed by atoms with van der Waals surface area (Å²) in [6, 6.07) is 8.30. The standard InChI is InChI=1S/C16H17N3S2/c20-16-18-14-9-17-13-7-2-1-6-12(13)15(14)19(16)10-11-5-3-4-8-21-11/h1-2,6-7,9,11H,3-5,8,10H2,(H,18,20). The quantitative estimate of drug-likeness (QED) is 0.705. The number of nitrogens with one attached hydrogen (secondary N) is 1. The monoisotopic (exact) mass is 315 g/mol. The number of pyridine rings is 1. The van der Waals surface area contributed by atoms with E-state index in [1.54, 1.807) is 0 Å². The van der Waals surface area contributed by atoms with E-state index in [-0.39, 0.29) is 0 Å². The predicted molar refractivity (Wildman–Crippen MR) is 92.5 cm³/mol. The van der Waals surface area contributed by atoms with Gasteiger partial charge in [0.25, 0.3) is 0 Å².